The largest absolute Gasteiger partial charge is 0.0853 e. The highest BCUT2D eigenvalue weighted by molar-refractivity contribution is 5.00. The average Bonchev–Trinajstić information content (AvgIpc) is 2.71. The van der Waals surface area contributed by atoms with Gasteiger partial charge in [-0.1, -0.05) is 148 Å². The predicted octanol–water partition coefficient (Wildman–Crippen LogP) is 10.9. The lowest BCUT2D eigenvalue weighted by molar-refractivity contribution is 0.543. The second-order valence-electron chi connectivity index (χ2n) is 9.12. The molecule has 0 bridgehead atoms. The molecule has 0 aromatic carbocycles. The third-order valence-corrected chi connectivity index (χ3v) is 6.30. The number of unbranched alkanes of at least 4 members (excludes halogenated alkanes) is 19. The van der Waals surface area contributed by atoms with Gasteiger partial charge in [0.05, 0.1) is 0 Å². The van der Waals surface area contributed by atoms with Gasteiger partial charge in [-0.25, -0.2) is 0 Å². The van der Waals surface area contributed by atoms with Crippen LogP contribution in [-0.4, -0.2) is 0 Å². The lowest BCUT2D eigenvalue weighted by Gasteiger charge is -2.06. The van der Waals surface area contributed by atoms with Crippen LogP contribution in [0.25, 0.3) is 0 Å². The Morgan fingerprint density at radius 3 is 1.18 bits per heavy atom. The van der Waals surface area contributed by atoms with Crippen LogP contribution >= 0.6 is 0 Å². The van der Waals surface area contributed by atoms with Crippen LogP contribution in [-0.2, 0) is 0 Å². The molecule has 168 valence electrons. The minimum Gasteiger partial charge on any atom is -0.0853 e. The topological polar surface area (TPSA) is 0 Å². The van der Waals surface area contributed by atoms with Gasteiger partial charge in [-0.3, -0.25) is 0 Å². The van der Waals surface area contributed by atoms with Crippen molar-refractivity contribution in [2.24, 2.45) is 0 Å². The Labute approximate surface area is 180 Å². The lowest BCUT2D eigenvalue weighted by Crippen LogP contribution is -1.86. The molecule has 0 aromatic heterocycles. The highest BCUT2D eigenvalue weighted by Crippen LogP contribution is 2.17. The Hall–Kier alpha value is -0.260. The van der Waals surface area contributed by atoms with Crippen molar-refractivity contribution in [2.45, 2.75) is 168 Å². The van der Waals surface area contributed by atoms with Gasteiger partial charge in [-0.05, 0) is 32.1 Å². The van der Waals surface area contributed by atoms with Crippen molar-refractivity contribution in [1.82, 2.24) is 0 Å². The number of hydrogen-bond acceptors (Lipinski definition) is 0. The van der Waals surface area contributed by atoms with Gasteiger partial charge in [0.15, 0.2) is 0 Å². The summed E-state index contributed by atoms with van der Waals surface area (Å²) in [6.45, 7) is 6.95. The molecule has 0 N–H and O–H groups in total. The summed E-state index contributed by atoms with van der Waals surface area (Å²) >= 11 is 0. The van der Waals surface area contributed by atoms with Crippen LogP contribution in [0.1, 0.15) is 168 Å². The van der Waals surface area contributed by atoms with Crippen LogP contribution in [0.3, 0.4) is 0 Å². The fraction of sp³-hybridized carbons (Fsp3) is 0.929. The summed E-state index contributed by atoms with van der Waals surface area (Å²) in [6.07, 6.45) is 35.5. The van der Waals surface area contributed by atoms with Crippen LogP contribution in [0.4, 0.5) is 0 Å². The summed E-state index contributed by atoms with van der Waals surface area (Å²) in [5.41, 5.74) is 1.73. The van der Waals surface area contributed by atoms with Crippen molar-refractivity contribution < 1.29 is 0 Å². The molecule has 0 rings (SSSR count). The van der Waals surface area contributed by atoms with E-state index in [4.69, 9.17) is 0 Å². The van der Waals surface area contributed by atoms with Gasteiger partial charge in [0.2, 0.25) is 0 Å². The van der Waals surface area contributed by atoms with Crippen molar-refractivity contribution in [1.29, 1.82) is 0 Å². The third-order valence-electron chi connectivity index (χ3n) is 6.30. The number of hydrogen-bond donors (Lipinski definition) is 0. The molecule has 0 heterocycles. The Morgan fingerprint density at radius 1 is 0.429 bits per heavy atom. The Balaban J connectivity index is 3.37. The molecular weight excluding hydrogens is 336 g/mol. The standard InChI is InChI=1S/C28H56/c1-4-7-9-11-13-15-16-17-19-21-23-25-27-28(6-3)26-24-22-20-18-14-12-10-8-5-2/h26H,4-25,27H2,1-3H3. The van der Waals surface area contributed by atoms with Crippen LogP contribution < -0.4 is 0 Å². The molecule has 0 saturated heterocycles. The summed E-state index contributed by atoms with van der Waals surface area (Å²) in [7, 11) is 0. The number of allylic oxidation sites excluding steroid dienone is 2. The van der Waals surface area contributed by atoms with E-state index in [1.54, 1.807) is 5.57 Å². The smallest absolute Gasteiger partial charge is 0.0320 e. The van der Waals surface area contributed by atoms with Crippen molar-refractivity contribution >= 4 is 0 Å². The minimum absolute atomic E-state index is 1.27. The van der Waals surface area contributed by atoms with Gasteiger partial charge in [-0.15, -0.1) is 0 Å². The molecule has 28 heavy (non-hydrogen) atoms. The second-order valence-corrected chi connectivity index (χ2v) is 9.12. The summed E-state index contributed by atoms with van der Waals surface area (Å²) in [4.78, 5) is 0. The molecule has 0 atom stereocenters. The third kappa shape index (κ3) is 22.0. The maximum Gasteiger partial charge on any atom is -0.0320 e. The zero-order valence-electron chi connectivity index (χ0n) is 20.3. The van der Waals surface area contributed by atoms with Gasteiger partial charge < -0.3 is 0 Å². The Kier molecular flexibility index (Phi) is 24.5. The van der Waals surface area contributed by atoms with E-state index in [9.17, 15) is 0 Å². The lowest BCUT2D eigenvalue weighted by atomic mass is 10.0. The first-order valence-electron chi connectivity index (χ1n) is 13.5. The van der Waals surface area contributed by atoms with E-state index >= 15 is 0 Å². The van der Waals surface area contributed by atoms with E-state index in [0.29, 0.717) is 0 Å². The molecule has 0 aliphatic rings. The normalized spacial score (nSPS) is 12.0. The number of rotatable bonds is 23. The monoisotopic (exact) mass is 392 g/mol. The highest BCUT2D eigenvalue weighted by Gasteiger charge is 1.97. The van der Waals surface area contributed by atoms with Crippen LogP contribution in [0.15, 0.2) is 11.6 Å². The van der Waals surface area contributed by atoms with Gasteiger partial charge in [-0.2, -0.15) is 0 Å². The molecular formula is C28H56. The van der Waals surface area contributed by atoms with Gasteiger partial charge in [0.25, 0.3) is 0 Å². The van der Waals surface area contributed by atoms with Crippen LogP contribution in [0.2, 0.25) is 0 Å². The Morgan fingerprint density at radius 2 is 0.786 bits per heavy atom. The van der Waals surface area contributed by atoms with Crippen molar-refractivity contribution in [3.63, 3.8) is 0 Å². The molecule has 0 saturated carbocycles. The van der Waals surface area contributed by atoms with Crippen LogP contribution in [0, 0.1) is 0 Å². The minimum atomic E-state index is 1.27. The van der Waals surface area contributed by atoms with E-state index in [1.807, 2.05) is 0 Å². The fourth-order valence-corrected chi connectivity index (χ4v) is 4.20. The van der Waals surface area contributed by atoms with E-state index in [2.05, 4.69) is 26.8 Å². The van der Waals surface area contributed by atoms with Crippen molar-refractivity contribution in [2.75, 3.05) is 0 Å². The predicted molar refractivity (Wildman–Crippen MR) is 131 cm³/mol. The molecule has 0 unspecified atom stereocenters. The average molecular weight is 393 g/mol. The molecule has 0 spiro atoms. The SMILES string of the molecule is CCCCCCCCCCC=C(CC)CCCCCCCCCCCCCC. The Bertz CT molecular complexity index is 301. The van der Waals surface area contributed by atoms with Crippen LogP contribution in [0.5, 0.6) is 0 Å². The van der Waals surface area contributed by atoms with Gasteiger partial charge >= 0.3 is 0 Å². The van der Waals surface area contributed by atoms with E-state index in [1.165, 1.54) is 148 Å². The van der Waals surface area contributed by atoms with E-state index in [-0.39, 0.29) is 0 Å². The summed E-state index contributed by atoms with van der Waals surface area (Å²) in [5, 5.41) is 0. The molecule has 0 radical (unpaired) electrons. The van der Waals surface area contributed by atoms with Crippen molar-refractivity contribution in [3.8, 4) is 0 Å². The van der Waals surface area contributed by atoms with E-state index in [0.717, 1.165) is 0 Å². The quantitative estimate of drug-likeness (QED) is 0.120. The first-order chi connectivity index (χ1) is 13.8. The van der Waals surface area contributed by atoms with Crippen molar-refractivity contribution in [3.05, 3.63) is 11.6 Å². The summed E-state index contributed by atoms with van der Waals surface area (Å²) in [6, 6.07) is 0. The fourth-order valence-electron chi connectivity index (χ4n) is 4.20. The van der Waals surface area contributed by atoms with Gasteiger partial charge in [0.1, 0.15) is 0 Å². The zero-order chi connectivity index (χ0) is 20.5. The van der Waals surface area contributed by atoms with Gasteiger partial charge in [0, 0.05) is 0 Å². The first kappa shape index (κ1) is 27.7. The molecule has 0 nitrogen and oxygen atoms in total. The summed E-state index contributed by atoms with van der Waals surface area (Å²) in [5.74, 6) is 0. The van der Waals surface area contributed by atoms with E-state index < -0.39 is 0 Å². The molecule has 0 heteroatoms. The molecule has 0 fully saturated rings. The zero-order valence-corrected chi connectivity index (χ0v) is 20.3. The maximum atomic E-state index is 2.58. The summed E-state index contributed by atoms with van der Waals surface area (Å²) < 4.78 is 0. The maximum absolute atomic E-state index is 2.58. The molecule has 0 amide bonds. The molecule has 0 aliphatic carbocycles. The first-order valence-corrected chi connectivity index (χ1v) is 13.5. The molecule has 0 aliphatic heterocycles. The highest BCUT2D eigenvalue weighted by atomic mass is 14.0. The second kappa shape index (κ2) is 24.8. The molecule has 0 aromatic rings.